The van der Waals surface area contributed by atoms with E-state index < -0.39 is 11.0 Å². The molecule has 39 heavy (non-hydrogen) atoms. The van der Waals surface area contributed by atoms with Gasteiger partial charge in [-0.1, -0.05) is 18.4 Å². The van der Waals surface area contributed by atoms with E-state index in [0.717, 1.165) is 47.6 Å². The van der Waals surface area contributed by atoms with E-state index in [0.29, 0.717) is 11.5 Å². The third kappa shape index (κ3) is 7.00. The van der Waals surface area contributed by atoms with Gasteiger partial charge in [-0.2, -0.15) is 0 Å². The molecule has 1 aromatic heterocycles. The van der Waals surface area contributed by atoms with Crippen LogP contribution in [0.4, 0.5) is 5.69 Å². The van der Waals surface area contributed by atoms with Crippen LogP contribution in [0, 0.1) is 19.3 Å². The largest absolute Gasteiger partial charge is 0.497 e. The fourth-order valence-corrected chi connectivity index (χ4v) is 9.47. The Morgan fingerprint density at radius 3 is 2.33 bits per heavy atom. The Morgan fingerprint density at radius 2 is 1.67 bits per heavy atom. The standard InChI is InChI=1S/C31H46N4O2S2/c1-25-23-29(37-3)24-26(2)30(25)39(36)35-17-5-4-7-28(35)8-6-22-38-34-20-13-31(14-21-34)11-18-33(19-12-31)27-9-15-32-16-10-27/h9-10,15-16,23-24,28H,4-8,11-14,17-22H2,1-3H3. The molecule has 2 atom stereocenters. The zero-order valence-electron chi connectivity index (χ0n) is 24.1. The van der Waals surface area contributed by atoms with Gasteiger partial charge >= 0.3 is 0 Å². The first-order chi connectivity index (χ1) is 19.0. The van der Waals surface area contributed by atoms with Gasteiger partial charge in [0.2, 0.25) is 0 Å². The van der Waals surface area contributed by atoms with Crippen LogP contribution in [0.5, 0.6) is 5.75 Å². The van der Waals surface area contributed by atoms with Gasteiger partial charge in [0.15, 0.2) is 0 Å². The fraction of sp³-hybridized carbons (Fsp3) is 0.645. The smallest absolute Gasteiger partial charge is 0.128 e. The molecule has 3 aliphatic rings. The number of pyridine rings is 1. The number of aromatic nitrogens is 1. The average Bonchev–Trinajstić information content (AvgIpc) is 2.97. The first kappa shape index (κ1) is 28.9. The molecule has 3 aliphatic heterocycles. The Morgan fingerprint density at radius 1 is 1.00 bits per heavy atom. The van der Waals surface area contributed by atoms with Crippen LogP contribution in [0.2, 0.25) is 0 Å². The van der Waals surface area contributed by atoms with E-state index in [9.17, 15) is 4.21 Å². The summed E-state index contributed by atoms with van der Waals surface area (Å²) >= 11 is 2.05. The molecule has 0 radical (unpaired) electrons. The number of aryl methyl sites for hydroxylation is 2. The summed E-state index contributed by atoms with van der Waals surface area (Å²) in [6, 6.07) is 8.73. The van der Waals surface area contributed by atoms with E-state index in [2.05, 4.69) is 56.4 Å². The molecular weight excluding hydrogens is 525 g/mol. The minimum atomic E-state index is -1.11. The molecule has 214 valence electrons. The Kier molecular flexibility index (Phi) is 9.91. The lowest BCUT2D eigenvalue weighted by atomic mass is 9.71. The van der Waals surface area contributed by atoms with Crippen molar-refractivity contribution in [3.8, 4) is 5.75 Å². The molecule has 2 aromatic rings. The lowest BCUT2D eigenvalue weighted by Gasteiger charge is -2.47. The maximum Gasteiger partial charge on any atom is 0.128 e. The summed E-state index contributed by atoms with van der Waals surface area (Å²) in [5.74, 6) is 2.01. The maximum absolute atomic E-state index is 13.8. The monoisotopic (exact) mass is 570 g/mol. The van der Waals surface area contributed by atoms with Crippen LogP contribution in [0.15, 0.2) is 41.6 Å². The molecule has 6 nitrogen and oxygen atoms in total. The molecule has 0 saturated carbocycles. The summed E-state index contributed by atoms with van der Waals surface area (Å²) in [7, 11) is 0.583. The first-order valence-electron chi connectivity index (χ1n) is 14.8. The lowest BCUT2D eigenvalue weighted by molar-refractivity contribution is 0.124. The van der Waals surface area contributed by atoms with Gasteiger partial charge in [-0.05, 0) is 106 Å². The summed E-state index contributed by atoms with van der Waals surface area (Å²) in [6.07, 6.45) is 15.0. The molecule has 5 rings (SSSR count). The highest BCUT2D eigenvalue weighted by Gasteiger charge is 2.37. The number of hydrogen-bond donors (Lipinski definition) is 0. The summed E-state index contributed by atoms with van der Waals surface area (Å²) in [6.45, 7) is 9.84. The van der Waals surface area contributed by atoms with Crippen molar-refractivity contribution in [2.75, 3.05) is 50.5 Å². The number of anilines is 1. The quantitative estimate of drug-likeness (QED) is 0.257. The topological polar surface area (TPSA) is 48.9 Å². The Hall–Kier alpha value is -1.61. The molecule has 1 spiro atoms. The van der Waals surface area contributed by atoms with Crippen molar-refractivity contribution in [3.05, 3.63) is 47.8 Å². The number of piperidine rings is 3. The van der Waals surface area contributed by atoms with Crippen LogP contribution in [0.3, 0.4) is 0 Å². The summed E-state index contributed by atoms with van der Waals surface area (Å²) < 4.78 is 24.1. The summed E-state index contributed by atoms with van der Waals surface area (Å²) in [5.41, 5.74) is 4.00. The predicted molar refractivity (Wildman–Crippen MR) is 164 cm³/mol. The minimum absolute atomic E-state index is 0.413. The molecule has 0 N–H and O–H groups in total. The van der Waals surface area contributed by atoms with Gasteiger partial charge in [0, 0.05) is 62.6 Å². The minimum Gasteiger partial charge on any atom is -0.497 e. The van der Waals surface area contributed by atoms with Gasteiger partial charge in [0.1, 0.15) is 16.7 Å². The number of nitrogens with zero attached hydrogens (tertiary/aromatic N) is 4. The van der Waals surface area contributed by atoms with Crippen molar-refractivity contribution in [1.29, 1.82) is 0 Å². The van der Waals surface area contributed by atoms with Crippen LogP contribution < -0.4 is 9.64 Å². The highest BCUT2D eigenvalue weighted by Crippen LogP contribution is 2.43. The van der Waals surface area contributed by atoms with Gasteiger partial charge in [0.05, 0.1) is 12.0 Å². The third-order valence-electron chi connectivity index (χ3n) is 9.22. The van der Waals surface area contributed by atoms with E-state index in [1.54, 1.807) is 7.11 Å². The van der Waals surface area contributed by atoms with E-state index >= 15 is 0 Å². The Balaban J connectivity index is 1.06. The summed E-state index contributed by atoms with van der Waals surface area (Å²) in [4.78, 5) is 7.68. The molecule has 3 saturated heterocycles. The number of methoxy groups -OCH3 is 1. The van der Waals surface area contributed by atoms with E-state index in [4.69, 9.17) is 4.74 Å². The number of hydrogen-bond acceptors (Lipinski definition) is 6. The van der Waals surface area contributed by atoms with Crippen molar-refractivity contribution < 1.29 is 8.95 Å². The highest BCUT2D eigenvalue weighted by atomic mass is 32.2. The zero-order chi connectivity index (χ0) is 27.2. The van der Waals surface area contributed by atoms with Crippen LogP contribution >= 0.6 is 11.9 Å². The Labute approximate surface area is 242 Å². The molecule has 0 bridgehead atoms. The molecule has 8 heteroatoms. The SMILES string of the molecule is COc1cc(C)c(S(=O)N2CCCCC2CCCSN2CCC3(CC2)CCN(c2ccncc2)CC3)c(C)c1. The second-order valence-electron chi connectivity index (χ2n) is 11.7. The van der Waals surface area contributed by atoms with E-state index in [1.165, 1.54) is 76.1 Å². The van der Waals surface area contributed by atoms with Crippen molar-refractivity contribution in [2.24, 2.45) is 5.41 Å². The molecule has 3 fully saturated rings. The van der Waals surface area contributed by atoms with Crippen LogP contribution in [0.1, 0.15) is 68.9 Å². The molecule has 4 heterocycles. The van der Waals surface area contributed by atoms with Crippen LogP contribution in [0.25, 0.3) is 0 Å². The number of rotatable bonds is 9. The van der Waals surface area contributed by atoms with Gasteiger partial charge in [0.25, 0.3) is 0 Å². The van der Waals surface area contributed by atoms with E-state index in [-0.39, 0.29) is 0 Å². The van der Waals surface area contributed by atoms with Crippen molar-refractivity contribution in [3.63, 3.8) is 0 Å². The van der Waals surface area contributed by atoms with Gasteiger partial charge < -0.3 is 9.64 Å². The molecule has 2 unspecified atom stereocenters. The second kappa shape index (κ2) is 13.4. The molecule has 1 aromatic carbocycles. The summed E-state index contributed by atoms with van der Waals surface area (Å²) in [5, 5.41) is 0. The Bertz CT molecular complexity index is 1070. The maximum atomic E-state index is 13.8. The molecular formula is C31H46N4O2S2. The highest BCUT2D eigenvalue weighted by molar-refractivity contribution is 7.97. The van der Waals surface area contributed by atoms with Crippen LogP contribution in [-0.2, 0) is 11.0 Å². The fourth-order valence-electron chi connectivity index (χ4n) is 6.80. The number of benzene rings is 1. The molecule has 0 aliphatic carbocycles. The average molecular weight is 571 g/mol. The van der Waals surface area contributed by atoms with Crippen molar-refractivity contribution in [1.82, 2.24) is 13.6 Å². The van der Waals surface area contributed by atoms with E-state index in [1.807, 2.05) is 24.5 Å². The predicted octanol–water partition coefficient (Wildman–Crippen LogP) is 6.40. The zero-order valence-corrected chi connectivity index (χ0v) is 25.7. The normalized spacial score (nSPS) is 23.2. The van der Waals surface area contributed by atoms with Gasteiger partial charge in [-0.25, -0.2) is 8.51 Å². The van der Waals surface area contributed by atoms with Gasteiger partial charge in [-0.15, -0.1) is 0 Å². The van der Waals surface area contributed by atoms with Crippen molar-refractivity contribution in [2.45, 2.75) is 82.6 Å². The third-order valence-corrected chi connectivity index (χ3v) is 12.3. The first-order valence-corrected chi connectivity index (χ1v) is 16.9. The van der Waals surface area contributed by atoms with Gasteiger partial charge in [-0.3, -0.25) is 9.29 Å². The molecule has 0 amide bonds. The number of ether oxygens (including phenoxy) is 1. The second-order valence-corrected chi connectivity index (χ2v) is 14.3. The van der Waals surface area contributed by atoms with Crippen LogP contribution in [-0.4, -0.2) is 69.4 Å². The van der Waals surface area contributed by atoms with Crippen molar-refractivity contribution >= 4 is 28.6 Å². The lowest BCUT2D eigenvalue weighted by Crippen LogP contribution is -2.45.